The number of fused-ring (bicyclic) bond motifs is 3. The highest BCUT2D eigenvalue weighted by atomic mass is 32.1. The van der Waals surface area contributed by atoms with Crippen molar-refractivity contribution in [2.75, 3.05) is 21.2 Å². The molecule has 0 saturated carbocycles. The Hall–Kier alpha value is -2.90. The minimum absolute atomic E-state index is 0.387. The largest absolute Gasteiger partial charge is 0.497 e. The summed E-state index contributed by atoms with van der Waals surface area (Å²) in [5.41, 5.74) is 2.81. The van der Waals surface area contributed by atoms with E-state index in [2.05, 4.69) is 0 Å². The molecule has 1 amide bonds. The van der Waals surface area contributed by atoms with E-state index in [-0.39, 0.29) is 5.91 Å². The number of amides is 1. The van der Waals surface area contributed by atoms with Crippen LogP contribution in [0.4, 0.5) is 0 Å². The van der Waals surface area contributed by atoms with Gasteiger partial charge in [-0.3, -0.25) is 9.20 Å². The minimum atomic E-state index is -1.31. The predicted molar refractivity (Wildman–Crippen MR) is 106 cm³/mol. The summed E-state index contributed by atoms with van der Waals surface area (Å²) in [5.74, 6) is 0.346. The molecule has 138 valence electrons. The van der Waals surface area contributed by atoms with Crippen molar-refractivity contribution in [1.82, 2.24) is 14.3 Å². The summed E-state index contributed by atoms with van der Waals surface area (Å²) in [4.78, 5) is 19.4. The number of rotatable bonds is 4. The number of carbonyl (C=O) groups excluding carboxylic acids is 1. The van der Waals surface area contributed by atoms with Crippen LogP contribution in [0.3, 0.4) is 0 Å². The van der Waals surface area contributed by atoms with Crippen LogP contribution in [0, 0.1) is 0 Å². The Bertz CT molecular complexity index is 1130. The fourth-order valence-electron chi connectivity index (χ4n) is 3.11. The van der Waals surface area contributed by atoms with Gasteiger partial charge in [-0.15, -0.1) is 0 Å². The van der Waals surface area contributed by atoms with E-state index in [0.29, 0.717) is 11.4 Å². The molecule has 27 heavy (non-hydrogen) atoms. The maximum atomic E-state index is 12.5. The highest BCUT2D eigenvalue weighted by Gasteiger charge is 2.29. The fraction of sp³-hybridized carbons (Fsp3) is 0.200. The first-order chi connectivity index (χ1) is 13.0. The van der Waals surface area contributed by atoms with E-state index in [0.717, 1.165) is 26.5 Å². The van der Waals surface area contributed by atoms with E-state index in [9.17, 15) is 9.90 Å². The number of aromatic nitrogens is 2. The SMILES string of the molecule is COc1ccc(-c2nc3sc4ccccc4n3c2C(O)C(=O)N(C)C)cc1. The number of methoxy groups -OCH3 is 1. The van der Waals surface area contributed by atoms with Gasteiger partial charge in [0.2, 0.25) is 0 Å². The Balaban J connectivity index is 2.00. The molecule has 1 N–H and O–H groups in total. The first-order valence-corrected chi connectivity index (χ1v) is 9.26. The number of aliphatic hydroxyl groups is 1. The van der Waals surface area contributed by atoms with E-state index >= 15 is 0 Å². The summed E-state index contributed by atoms with van der Waals surface area (Å²) in [5, 5.41) is 10.9. The van der Waals surface area contributed by atoms with Gasteiger partial charge in [0.15, 0.2) is 11.1 Å². The standard InChI is InChI=1S/C20H19N3O3S/c1-22(2)19(25)18(24)17-16(12-8-10-13(26-3)11-9-12)21-20-23(17)14-6-4-5-7-15(14)27-20/h4-11,18,24H,1-3H3. The Morgan fingerprint density at radius 1 is 1.19 bits per heavy atom. The number of hydrogen-bond donors (Lipinski definition) is 1. The summed E-state index contributed by atoms with van der Waals surface area (Å²) < 4.78 is 8.15. The van der Waals surface area contributed by atoms with Crippen molar-refractivity contribution < 1.29 is 14.6 Å². The highest BCUT2D eigenvalue weighted by Crippen LogP contribution is 2.36. The van der Waals surface area contributed by atoms with Gasteiger partial charge in [0, 0.05) is 19.7 Å². The molecule has 4 aromatic rings. The molecule has 2 heterocycles. The predicted octanol–water partition coefficient (Wildman–Crippen LogP) is 3.35. The van der Waals surface area contributed by atoms with Gasteiger partial charge >= 0.3 is 0 Å². The summed E-state index contributed by atoms with van der Waals surface area (Å²) in [6, 6.07) is 15.3. The summed E-state index contributed by atoms with van der Waals surface area (Å²) >= 11 is 1.53. The van der Waals surface area contributed by atoms with Crippen molar-refractivity contribution in [1.29, 1.82) is 0 Å². The minimum Gasteiger partial charge on any atom is -0.497 e. The van der Waals surface area contributed by atoms with Crippen LogP contribution in [0.1, 0.15) is 11.8 Å². The second kappa shape index (κ2) is 6.68. The normalized spacial score (nSPS) is 12.4. The van der Waals surface area contributed by atoms with Crippen LogP contribution >= 0.6 is 11.3 Å². The van der Waals surface area contributed by atoms with Crippen LogP contribution in [-0.2, 0) is 4.79 Å². The van der Waals surface area contributed by atoms with Gasteiger partial charge in [0.05, 0.1) is 28.7 Å². The molecule has 1 unspecified atom stereocenters. The smallest absolute Gasteiger partial charge is 0.257 e. The van der Waals surface area contributed by atoms with Gasteiger partial charge in [-0.25, -0.2) is 4.98 Å². The number of aliphatic hydroxyl groups excluding tert-OH is 1. The maximum absolute atomic E-state index is 12.5. The van der Waals surface area contributed by atoms with E-state index in [1.807, 2.05) is 52.9 Å². The number of imidazole rings is 1. The van der Waals surface area contributed by atoms with E-state index < -0.39 is 6.10 Å². The first-order valence-electron chi connectivity index (χ1n) is 8.45. The van der Waals surface area contributed by atoms with Crippen LogP contribution < -0.4 is 4.74 Å². The van der Waals surface area contributed by atoms with Gasteiger partial charge in [0.1, 0.15) is 5.75 Å². The molecule has 2 aromatic heterocycles. The molecule has 0 aliphatic rings. The van der Waals surface area contributed by atoms with Crippen molar-refractivity contribution in [3.63, 3.8) is 0 Å². The topological polar surface area (TPSA) is 67.1 Å². The molecule has 1 atom stereocenters. The molecule has 0 aliphatic carbocycles. The van der Waals surface area contributed by atoms with Crippen LogP contribution in [0.15, 0.2) is 48.5 Å². The van der Waals surface area contributed by atoms with Crippen LogP contribution in [-0.4, -0.2) is 46.5 Å². The molecule has 4 rings (SSSR count). The monoisotopic (exact) mass is 381 g/mol. The number of thiazole rings is 1. The number of hydrogen-bond acceptors (Lipinski definition) is 5. The lowest BCUT2D eigenvalue weighted by Gasteiger charge is -2.17. The van der Waals surface area contributed by atoms with Gasteiger partial charge < -0.3 is 14.7 Å². The van der Waals surface area contributed by atoms with Crippen LogP contribution in [0.5, 0.6) is 5.75 Å². The second-order valence-electron chi connectivity index (χ2n) is 6.40. The zero-order chi connectivity index (χ0) is 19.1. The maximum Gasteiger partial charge on any atom is 0.257 e. The number of para-hydroxylation sites is 1. The van der Waals surface area contributed by atoms with Gasteiger partial charge in [-0.2, -0.15) is 0 Å². The number of benzene rings is 2. The van der Waals surface area contributed by atoms with Crippen LogP contribution in [0.25, 0.3) is 26.4 Å². The van der Waals surface area contributed by atoms with Gasteiger partial charge in [-0.05, 0) is 36.4 Å². The third-order valence-electron chi connectivity index (χ3n) is 4.49. The van der Waals surface area contributed by atoms with Crippen molar-refractivity contribution in [2.45, 2.75) is 6.10 Å². The molecule has 7 heteroatoms. The average molecular weight is 381 g/mol. The lowest BCUT2D eigenvalue weighted by Crippen LogP contribution is -2.29. The summed E-state index contributed by atoms with van der Waals surface area (Å²) in [6.45, 7) is 0. The molecule has 0 fully saturated rings. The zero-order valence-electron chi connectivity index (χ0n) is 15.2. The van der Waals surface area contributed by atoms with Crippen molar-refractivity contribution >= 4 is 32.4 Å². The summed E-state index contributed by atoms with van der Waals surface area (Å²) in [6.07, 6.45) is -1.31. The first kappa shape index (κ1) is 17.5. The molecule has 0 bridgehead atoms. The molecule has 0 saturated heterocycles. The Morgan fingerprint density at radius 3 is 2.56 bits per heavy atom. The van der Waals surface area contributed by atoms with Crippen molar-refractivity contribution in [3.8, 4) is 17.0 Å². The summed E-state index contributed by atoms with van der Waals surface area (Å²) in [7, 11) is 4.86. The second-order valence-corrected chi connectivity index (χ2v) is 7.41. The Morgan fingerprint density at radius 2 is 1.89 bits per heavy atom. The van der Waals surface area contributed by atoms with E-state index in [1.165, 1.54) is 16.2 Å². The molecule has 2 aromatic carbocycles. The van der Waals surface area contributed by atoms with E-state index in [1.54, 1.807) is 21.2 Å². The van der Waals surface area contributed by atoms with Gasteiger partial charge in [-0.1, -0.05) is 23.5 Å². The molecule has 0 spiro atoms. The molecule has 6 nitrogen and oxygen atoms in total. The highest BCUT2D eigenvalue weighted by molar-refractivity contribution is 7.23. The Kier molecular flexibility index (Phi) is 4.33. The lowest BCUT2D eigenvalue weighted by atomic mass is 10.1. The number of ether oxygens (including phenoxy) is 1. The number of carbonyl (C=O) groups is 1. The third-order valence-corrected chi connectivity index (χ3v) is 5.51. The van der Waals surface area contributed by atoms with Crippen molar-refractivity contribution in [2.24, 2.45) is 0 Å². The zero-order valence-corrected chi connectivity index (χ0v) is 16.0. The number of nitrogens with zero attached hydrogens (tertiary/aromatic N) is 3. The molecular formula is C20H19N3O3S. The molecular weight excluding hydrogens is 362 g/mol. The lowest BCUT2D eigenvalue weighted by molar-refractivity contribution is -0.138. The number of likely N-dealkylation sites (N-methyl/N-ethyl adjacent to an activating group) is 1. The molecule has 0 aliphatic heterocycles. The quantitative estimate of drug-likeness (QED) is 0.589. The molecule has 0 radical (unpaired) electrons. The van der Waals surface area contributed by atoms with Crippen LogP contribution in [0.2, 0.25) is 0 Å². The van der Waals surface area contributed by atoms with E-state index in [4.69, 9.17) is 9.72 Å². The third kappa shape index (κ3) is 2.85. The Labute approximate surface area is 160 Å². The van der Waals surface area contributed by atoms with Crippen molar-refractivity contribution in [3.05, 3.63) is 54.2 Å². The average Bonchev–Trinajstić information content (AvgIpc) is 3.22. The fourth-order valence-corrected chi connectivity index (χ4v) is 4.15. The van der Waals surface area contributed by atoms with Gasteiger partial charge in [0.25, 0.3) is 5.91 Å².